The van der Waals surface area contributed by atoms with Crippen LogP contribution in [0.5, 0.6) is 0 Å². The minimum Gasteiger partial charge on any atom is -0.495 e. The molecule has 0 saturated heterocycles. The second-order valence-electron chi connectivity index (χ2n) is 3.32. The van der Waals surface area contributed by atoms with Crippen molar-refractivity contribution in [3.8, 4) is 0 Å². The van der Waals surface area contributed by atoms with E-state index in [1.807, 2.05) is 25.1 Å². The average Bonchev–Trinajstić information content (AvgIpc) is 2.70. The van der Waals surface area contributed by atoms with Gasteiger partial charge >= 0.3 is 0 Å². The largest absolute Gasteiger partial charge is 0.495 e. The van der Waals surface area contributed by atoms with Crippen LogP contribution in [0.3, 0.4) is 0 Å². The number of hydrogen-bond donors (Lipinski definition) is 1. The number of aliphatic hydroxyl groups is 1. The molecule has 2 rings (SSSR count). The van der Waals surface area contributed by atoms with Crippen molar-refractivity contribution in [3.63, 3.8) is 0 Å². The van der Waals surface area contributed by atoms with Crippen LogP contribution in [0.25, 0.3) is 0 Å². The molecular formula is C11H13NO2. The molecule has 2 heterocycles. The molecule has 0 amide bonds. The van der Waals surface area contributed by atoms with Crippen LogP contribution in [0.1, 0.15) is 23.8 Å². The van der Waals surface area contributed by atoms with E-state index in [0.29, 0.717) is 12.4 Å². The molecule has 0 saturated carbocycles. The molecule has 0 aromatic carbocycles. The van der Waals surface area contributed by atoms with Crippen LogP contribution < -0.4 is 0 Å². The zero-order chi connectivity index (χ0) is 9.97. The highest BCUT2D eigenvalue weighted by molar-refractivity contribution is 5.27. The van der Waals surface area contributed by atoms with Crippen molar-refractivity contribution in [2.24, 2.45) is 0 Å². The summed E-state index contributed by atoms with van der Waals surface area (Å²) in [6.45, 7) is 2.56. The molecule has 1 N–H and O–H groups in total. The van der Waals surface area contributed by atoms with E-state index in [4.69, 9.17) is 4.74 Å². The fraction of sp³-hybridized carbons (Fsp3) is 0.364. The smallest absolute Gasteiger partial charge is 0.137 e. The van der Waals surface area contributed by atoms with Gasteiger partial charge in [0.2, 0.25) is 0 Å². The molecule has 0 radical (unpaired) electrons. The summed E-state index contributed by atoms with van der Waals surface area (Å²) in [7, 11) is 0. The molecular weight excluding hydrogens is 178 g/mol. The minimum absolute atomic E-state index is 0.654. The Labute approximate surface area is 83.1 Å². The molecule has 0 aliphatic carbocycles. The number of hydrogen-bond acceptors (Lipinski definition) is 3. The van der Waals surface area contributed by atoms with Crippen molar-refractivity contribution in [1.82, 2.24) is 4.98 Å². The molecule has 14 heavy (non-hydrogen) atoms. The predicted octanol–water partition coefficient (Wildman–Crippen LogP) is 1.73. The molecule has 1 aliphatic heterocycles. The van der Waals surface area contributed by atoms with Gasteiger partial charge in [-0.25, -0.2) is 0 Å². The van der Waals surface area contributed by atoms with E-state index in [1.54, 1.807) is 6.20 Å². The lowest BCUT2D eigenvalue weighted by Crippen LogP contribution is -2.05. The standard InChI is InChI=1S/C11H13NO2/c1-8-9(4-2-6-12-8)11(13)10-5-3-7-14-10/h2,4-6,11,13H,3,7H2,1H3. The normalized spacial score (nSPS) is 17.4. The molecule has 1 aromatic heterocycles. The summed E-state index contributed by atoms with van der Waals surface area (Å²) >= 11 is 0. The van der Waals surface area contributed by atoms with Gasteiger partial charge < -0.3 is 9.84 Å². The third-order valence-corrected chi connectivity index (χ3v) is 2.34. The Kier molecular flexibility index (Phi) is 2.50. The maximum atomic E-state index is 9.97. The lowest BCUT2D eigenvalue weighted by molar-refractivity contribution is 0.118. The first-order chi connectivity index (χ1) is 6.79. The third-order valence-electron chi connectivity index (χ3n) is 2.34. The molecule has 1 aromatic rings. The van der Waals surface area contributed by atoms with Crippen LogP contribution in [0.4, 0.5) is 0 Å². The summed E-state index contributed by atoms with van der Waals surface area (Å²) in [5, 5.41) is 9.97. The summed E-state index contributed by atoms with van der Waals surface area (Å²) in [6.07, 6.45) is 3.87. The molecule has 3 nitrogen and oxygen atoms in total. The maximum absolute atomic E-state index is 9.97. The number of pyridine rings is 1. The highest BCUT2D eigenvalue weighted by Gasteiger charge is 2.19. The van der Waals surface area contributed by atoms with Crippen LogP contribution in [0.15, 0.2) is 30.2 Å². The van der Waals surface area contributed by atoms with Crippen molar-refractivity contribution in [1.29, 1.82) is 0 Å². The number of aliphatic hydroxyl groups excluding tert-OH is 1. The van der Waals surface area contributed by atoms with Gasteiger partial charge in [-0.3, -0.25) is 4.98 Å². The average molecular weight is 191 g/mol. The van der Waals surface area contributed by atoms with Gasteiger partial charge in [0.25, 0.3) is 0 Å². The molecule has 1 unspecified atom stereocenters. The number of rotatable bonds is 2. The van der Waals surface area contributed by atoms with E-state index in [-0.39, 0.29) is 0 Å². The zero-order valence-corrected chi connectivity index (χ0v) is 8.10. The Morgan fingerprint density at radius 3 is 3.07 bits per heavy atom. The van der Waals surface area contributed by atoms with Crippen molar-refractivity contribution in [3.05, 3.63) is 41.4 Å². The van der Waals surface area contributed by atoms with Crippen molar-refractivity contribution >= 4 is 0 Å². The highest BCUT2D eigenvalue weighted by Crippen LogP contribution is 2.27. The topological polar surface area (TPSA) is 42.4 Å². The second kappa shape index (κ2) is 3.80. The van der Waals surface area contributed by atoms with Crippen LogP contribution in [-0.4, -0.2) is 16.7 Å². The van der Waals surface area contributed by atoms with Gasteiger partial charge in [-0.05, 0) is 19.1 Å². The van der Waals surface area contributed by atoms with Crippen molar-refractivity contribution in [2.45, 2.75) is 19.4 Å². The molecule has 0 fully saturated rings. The predicted molar refractivity (Wildman–Crippen MR) is 52.6 cm³/mol. The van der Waals surface area contributed by atoms with Gasteiger partial charge in [-0.15, -0.1) is 0 Å². The fourth-order valence-electron chi connectivity index (χ4n) is 1.57. The number of aryl methyl sites for hydroxylation is 1. The van der Waals surface area contributed by atoms with Crippen LogP contribution in [-0.2, 0) is 4.74 Å². The van der Waals surface area contributed by atoms with E-state index < -0.39 is 6.10 Å². The first-order valence-corrected chi connectivity index (χ1v) is 4.71. The van der Waals surface area contributed by atoms with E-state index in [9.17, 15) is 5.11 Å². The van der Waals surface area contributed by atoms with E-state index in [0.717, 1.165) is 17.7 Å². The number of nitrogens with zero attached hydrogens (tertiary/aromatic N) is 1. The summed E-state index contributed by atoms with van der Waals surface area (Å²) in [4.78, 5) is 4.13. The van der Waals surface area contributed by atoms with Gasteiger partial charge in [-0.1, -0.05) is 6.07 Å². The highest BCUT2D eigenvalue weighted by atomic mass is 16.5. The molecule has 0 spiro atoms. The Balaban J connectivity index is 2.26. The van der Waals surface area contributed by atoms with Gasteiger partial charge in [0.1, 0.15) is 11.9 Å². The maximum Gasteiger partial charge on any atom is 0.137 e. The van der Waals surface area contributed by atoms with Gasteiger partial charge in [0, 0.05) is 23.9 Å². The summed E-state index contributed by atoms with van der Waals surface area (Å²) in [5.74, 6) is 0.654. The molecule has 0 bridgehead atoms. The van der Waals surface area contributed by atoms with Crippen molar-refractivity contribution in [2.75, 3.05) is 6.61 Å². The van der Waals surface area contributed by atoms with Crippen LogP contribution in [0, 0.1) is 6.92 Å². The summed E-state index contributed by atoms with van der Waals surface area (Å²) in [5.41, 5.74) is 1.66. The molecule has 3 heteroatoms. The van der Waals surface area contributed by atoms with Crippen molar-refractivity contribution < 1.29 is 9.84 Å². The first-order valence-electron chi connectivity index (χ1n) is 4.71. The van der Waals surface area contributed by atoms with E-state index >= 15 is 0 Å². The lowest BCUT2D eigenvalue weighted by Gasteiger charge is -2.13. The second-order valence-corrected chi connectivity index (χ2v) is 3.32. The van der Waals surface area contributed by atoms with Gasteiger partial charge in [0.15, 0.2) is 0 Å². The van der Waals surface area contributed by atoms with Gasteiger partial charge in [0.05, 0.1) is 6.61 Å². The Bertz CT molecular complexity index is 360. The van der Waals surface area contributed by atoms with E-state index in [1.165, 1.54) is 0 Å². The van der Waals surface area contributed by atoms with Gasteiger partial charge in [-0.2, -0.15) is 0 Å². The van der Waals surface area contributed by atoms with E-state index in [2.05, 4.69) is 4.98 Å². The third kappa shape index (κ3) is 1.63. The SMILES string of the molecule is Cc1ncccc1C(O)C1=CCCO1. The van der Waals surface area contributed by atoms with Crippen LogP contribution in [0.2, 0.25) is 0 Å². The quantitative estimate of drug-likeness (QED) is 0.774. The zero-order valence-electron chi connectivity index (χ0n) is 8.10. The van der Waals surface area contributed by atoms with Crippen LogP contribution >= 0.6 is 0 Å². The molecule has 74 valence electrons. The minimum atomic E-state index is -0.661. The fourth-order valence-corrected chi connectivity index (χ4v) is 1.57. The molecule has 1 atom stereocenters. The monoisotopic (exact) mass is 191 g/mol. The number of aromatic nitrogens is 1. The Morgan fingerprint density at radius 1 is 1.57 bits per heavy atom. The lowest BCUT2D eigenvalue weighted by atomic mass is 10.1. The number of ether oxygens (including phenoxy) is 1. The summed E-state index contributed by atoms with van der Waals surface area (Å²) < 4.78 is 5.31. The first kappa shape index (κ1) is 9.21. The molecule has 1 aliphatic rings. The Morgan fingerprint density at radius 2 is 2.43 bits per heavy atom. The summed E-state index contributed by atoms with van der Waals surface area (Å²) in [6, 6.07) is 3.69. The Hall–Kier alpha value is -1.35.